The first kappa shape index (κ1) is 9.58. The van der Waals surface area contributed by atoms with E-state index in [-0.39, 0.29) is 0 Å². The number of nitrogens with two attached hydrogens (primary N) is 1. The van der Waals surface area contributed by atoms with Crippen molar-refractivity contribution in [1.82, 2.24) is 0 Å². The number of hydrogen-bond donors (Lipinski definition) is 1. The van der Waals surface area contributed by atoms with E-state index in [4.69, 9.17) is 10.6 Å². The highest BCUT2D eigenvalue weighted by molar-refractivity contribution is 5.79. The third-order valence-electron chi connectivity index (χ3n) is 1.55. The van der Waals surface area contributed by atoms with E-state index in [9.17, 15) is 0 Å². The summed E-state index contributed by atoms with van der Waals surface area (Å²) < 4.78 is 5.44. The maximum absolute atomic E-state index is 5.44. The van der Waals surface area contributed by atoms with Crippen molar-refractivity contribution >= 4 is 6.21 Å². The van der Waals surface area contributed by atoms with Crippen molar-refractivity contribution in [1.29, 1.82) is 0 Å². The molecule has 2 N–H and O–H groups in total. The average molecular weight is 178 g/mol. The Morgan fingerprint density at radius 2 is 2.38 bits per heavy atom. The van der Waals surface area contributed by atoms with Crippen molar-refractivity contribution in [2.75, 3.05) is 6.61 Å². The number of nitrogens with zero attached hydrogens (tertiary/aromatic N) is 1. The fourth-order valence-corrected chi connectivity index (χ4v) is 0.991. The number of rotatable bonds is 4. The van der Waals surface area contributed by atoms with Crippen LogP contribution >= 0.6 is 0 Å². The van der Waals surface area contributed by atoms with Crippen molar-refractivity contribution < 1.29 is 4.74 Å². The van der Waals surface area contributed by atoms with Crippen LogP contribution < -0.4 is 10.6 Å². The molecule has 1 rings (SSSR count). The molecule has 0 bridgehead atoms. The van der Waals surface area contributed by atoms with E-state index in [1.54, 1.807) is 6.21 Å². The SMILES string of the molecule is CCCOc1cccc(C=NN)c1. The van der Waals surface area contributed by atoms with Gasteiger partial charge in [0.15, 0.2) is 0 Å². The minimum absolute atomic E-state index is 0.739. The molecule has 0 aromatic heterocycles. The number of hydrogen-bond acceptors (Lipinski definition) is 3. The van der Waals surface area contributed by atoms with Crippen LogP contribution in [0.4, 0.5) is 0 Å². The Kier molecular flexibility index (Phi) is 3.82. The van der Waals surface area contributed by atoms with Crippen LogP contribution in [0.25, 0.3) is 0 Å². The summed E-state index contributed by atoms with van der Waals surface area (Å²) in [7, 11) is 0. The fourth-order valence-electron chi connectivity index (χ4n) is 0.991. The molecule has 0 radical (unpaired) electrons. The molecule has 3 heteroatoms. The molecular formula is C10H14N2O. The summed E-state index contributed by atoms with van der Waals surface area (Å²) in [5.41, 5.74) is 0.955. The topological polar surface area (TPSA) is 47.6 Å². The van der Waals surface area contributed by atoms with Crippen LogP contribution in [0.3, 0.4) is 0 Å². The fraction of sp³-hybridized carbons (Fsp3) is 0.300. The summed E-state index contributed by atoms with van der Waals surface area (Å²) >= 11 is 0. The number of hydrazone groups is 1. The molecule has 70 valence electrons. The van der Waals surface area contributed by atoms with Crippen molar-refractivity contribution in [3.05, 3.63) is 29.8 Å². The predicted octanol–water partition coefficient (Wildman–Crippen LogP) is 1.77. The number of benzene rings is 1. The summed E-state index contributed by atoms with van der Waals surface area (Å²) in [5.74, 6) is 5.90. The van der Waals surface area contributed by atoms with Gasteiger partial charge in [0.05, 0.1) is 12.8 Å². The Balaban J connectivity index is 2.67. The van der Waals surface area contributed by atoms with Crippen molar-refractivity contribution in [3.8, 4) is 5.75 Å². The second-order valence-electron chi connectivity index (χ2n) is 2.70. The van der Waals surface area contributed by atoms with E-state index < -0.39 is 0 Å². The van der Waals surface area contributed by atoms with Gasteiger partial charge in [0.1, 0.15) is 5.75 Å². The summed E-state index contributed by atoms with van der Waals surface area (Å²) in [5, 5.41) is 3.45. The van der Waals surface area contributed by atoms with Crippen molar-refractivity contribution in [2.24, 2.45) is 10.9 Å². The van der Waals surface area contributed by atoms with Crippen LogP contribution in [0.1, 0.15) is 18.9 Å². The molecule has 0 saturated carbocycles. The minimum Gasteiger partial charge on any atom is -0.494 e. The minimum atomic E-state index is 0.739. The zero-order valence-electron chi connectivity index (χ0n) is 7.73. The summed E-state index contributed by atoms with van der Waals surface area (Å²) in [6, 6.07) is 7.67. The highest BCUT2D eigenvalue weighted by atomic mass is 16.5. The van der Waals surface area contributed by atoms with E-state index in [0.717, 1.165) is 24.3 Å². The molecule has 1 aromatic carbocycles. The van der Waals surface area contributed by atoms with Crippen LogP contribution in [0.15, 0.2) is 29.4 Å². The Bertz CT molecular complexity index is 284. The van der Waals surface area contributed by atoms with Gasteiger partial charge in [-0.1, -0.05) is 19.1 Å². The van der Waals surface area contributed by atoms with Crippen molar-refractivity contribution in [2.45, 2.75) is 13.3 Å². The molecule has 0 spiro atoms. The lowest BCUT2D eigenvalue weighted by atomic mass is 10.2. The van der Waals surface area contributed by atoms with E-state index in [2.05, 4.69) is 12.0 Å². The molecule has 0 aliphatic rings. The molecule has 0 amide bonds. The zero-order chi connectivity index (χ0) is 9.52. The van der Waals surface area contributed by atoms with E-state index in [1.165, 1.54) is 0 Å². The predicted molar refractivity (Wildman–Crippen MR) is 54.0 cm³/mol. The average Bonchev–Trinajstić information content (AvgIpc) is 2.16. The summed E-state index contributed by atoms with van der Waals surface area (Å²) in [6.07, 6.45) is 2.61. The second-order valence-corrected chi connectivity index (χ2v) is 2.70. The van der Waals surface area contributed by atoms with Crippen molar-refractivity contribution in [3.63, 3.8) is 0 Å². The third kappa shape index (κ3) is 3.15. The highest BCUT2D eigenvalue weighted by Gasteiger charge is 1.93. The largest absolute Gasteiger partial charge is 0.494 e. The Hall–Kier alpha value is -1.51. The number of ether oxygens (including phenoxy) is 1. The third-order valence-corrected chi connectivity index (χ3v) is 1.55. The van der Waals surface area contributed by atoms with Crippen LogP contribution in [0.5, 0.6) is 5.75 Å². The summed E-state index contributed by atoms with van der Waals surface area (Å²) in [4.78, 5) is 0. The van der Waals surface area contributed by atoms with Gasteiger partial charge in [-0.25, -0.2) is 0 Å². The monoisotopic (exact) mass is 178 g/mol. The van der Waals surface area contributed by atoms with Gasteiger partial charge in [-0.2, -0.15) is 5.10 Å². The molecule has 0 aliphatic heterocycles. The first-order valence-corrected chi connectivity index (χ1v) is 4.33. The lowest BCUT2D eigenvalue weighted by molar-refractivity contribution is 0.317. The molecule has 13 heavy (non-hydrogen) atoms. The van der Waals surface area contributed by atoms with Gasteiger partial charge in [0, 0.05) is 0 Å². The lowest BCUT2D eigenvalue weighted by Crippen LogP contribution is -1.95. The second kappa shape index (κ2) is 5.19. The van der Waals surface area contributed by atoms with Crippen LogP contribution in [-0.4, -0.2) is 12.8 Å². The Morgan fingerprint density at radius 1 is 1.54 bits per heavy atom. The van der Waals surface area contributed by atoms with Gasteiger partial charge in [-0.3, -0.25) is 0 Å². The summed E-state index contributed by atoms with van der Waals surface area (Å²) in [6.45, 7) is 2.81. The van der Waals surface area contributed by atoms with Gasteiger partial charge in [0.25, 0.3) is 0 Å². The van der Waals surface area contributed by atoms with E-state index in [0.29, 0.717) is 0 Å². The Labute approximate surface area is 78.2 Å². The smallest absolute Gasteiger partial charge is 0.119 e. The molecule has 1 aromatic rings. The molecule has 0 fully saturated rings. The molecule has 0 saturated heterocycles. The molecule has 0 unspecified atom stereocenters. The first-order valence-electron chi connectivity index (χ1n) is 4.33. The van der Waals surface area contributed by atoms with Crippen LogP contribution in [-0.2, 0) is 0 Å². The van der Waals surface area contributed by atoms with E-state index in [1.807, 2.05) is 24.3 Å². The van der Waals surface area contributed by atoms with Crippen LogP contribution in [0.2, 0.25) is 0 Å². The standard InChI is InChI=1S/C10H14N2O/c1-2-6-13-10-5-3-4-9(7-10)8-12-11/h3-5,7-8H,2,6,11H2,1H3. The normalized spacial score (nSPS) is 10.5. The van der Waals surface area contributed by atoms with Gasteiger partial charge >= 0.3 is 0 Å². The molecule has 0 atom stereocenters. The maximum Gasteiger partial charge on any atom is 0.119 e. The van der Waals surface area contributed by atoms with Gasteiger partial charge in [-0.15, -0.1) is 0 Å². The quantitative estimate of drug-likeness (QED) is 0.434. The highest BCUT2D eigenvalue weighted by Crippen LogP contribution is 2.11. The molecule has 3 nitrogen and oxygen atoms in total. The lowest BCUT2D eigenvalue weighted by Gasteiger charge is -2.04. The first-order chi connectivity index (χ1) is 6.36. The van der Waals surface area contributed by atoms with Gasteiger partial charge < -0.3 is 10.6 Å². The molecule has 0 heterocycles. The molecular weight excluding hydrogens is 164 g/mol. The van der Waals surface area contributed by atoms with Gasteiger partial charge in [-0.05, 0) is 24.1 Å². The van der Waals surface area contributed by atoms with Crippen LogP contribution in [0, 0.1) is 0 Å². The van der Waals surface area contributed by atoms with Gasteiger partial charge in [0.2, 0.25) is 0 Å². The Morgan fingerprint density at radius 3 is 3.08 bits per heavy atom. The van der Waals surface area contributed by atoms with E-state index >= 15 is 0 Å². The maximum atomic E-state index is 5.44. The zero-order valence-corrected chi connectivity index (χ0v) is 7.73. The molecule has 0 aliphatic carbocycles.